The largest absolute Gasteiger partial charge is 0.385 e. The molecule has 0 radical (unpaired) electrons. The van der Waals surface area contributed by atoms with E-state index in [1.165, 1.54) is 6.07 Å². The van der Waals surface area contributed by atoms with Gasteiger partial charge in [-0.15, -0.1) is 6.42 Å². The van der Waals surface area contributed by atoms with E-state index in [0.29, 0.717) is 0 Å². The van der Waals surface area contributed by atoms with Crippen LogP contribution in [0.4, 0.5) is 15.8 Å². The fourth-order valence-electron chi connectivity index (χ4n) is 3.92. The van der Waals surface area contributed by atoms with E-state index in [1.54, 1.807) is 12.1 Å². The molecule has 0 amide bonds. The van der Waals surface area contributed by atoms with Crippen molar-refractivity contribution in [2.45, 2.75) is 32.5 Å². The van der Waals surface area contributed by atoms with Crippen molar-refractivity contribution in [2.24, 2.45) is 4.99 Å². The molecule has 0 aromatic heterocycles. The maximum atomic E-state index is 14.1. The molecule has 4 nitrogen and oxygen atoms in total. The highest BCUT2D eigenvalue weighted by Crippen LogP contribution is 2.32. The maximum absolute atomic E-state index is 14.1. The highest BCUT2D eigenvalue weighted by Gasteiger charge is 2.24. The summed E-state index contributed by atoms with van der Waals surface area (Å²) in [5.41, 5.74) is 5.46. The van der Waals surface area contributed by atoms with E-state index >= 15 is 0 Å². The Bertz CT molecular complexity index is 1180. The molecule has 0 spiro atoms. The number of nitrogens with zero attached hydrogens (tertiary/aromatic N) is 1. The number of aliphatic imine (C=N–C) groups is 1. The molecule has 32 heavy (non-hydrogen) atoms. The smallest absolute Gasteiger partial charge is 0.148 e. The van der Waals surface area contributed by atoms with Crippen molar-refractivity contribution in [2.75, 3.05) is 17.2 Å². The average molecular weight is 427 g/mol. The van der Waals surface area contributed by atoms with Crippen LogP contribution in [0.2, 0.25) is 0 Å². The molecular weight excluding hydrogens is 399 g/mol. The minimum Gasteiger partial charge on any atom is -0.385 e. The van der Waals surface area contributed by atoms with Crippen molar-refractivity contribution in [3.63, 3.8) is 0 Å². The molecule has 5 heteroatoms. The van der Waals surface area contributed by atoms with Crippen molar-refractivity contribution in [3.05, 3.63) is 94.8 Å². The Hall–Kier alpha value is -3.78. The third-order valence-electron chi connectivity index (χ3n) is 5.54. The molecular formula is C27H27FN4. The first kappa shape index (κ1) is 21.5. The molecule has 2 unspecified atom stereocenters. The van der Waals surface area contributed by atoms with E-state index in [0.717, 1.165) is 52.4 Å². The van der Waals surface area contributed by atoms with Crippen LogP contribution in [-0.2, 0) is 0 Å². The first-order valence-electron chi connectivity index (χ1n) is 10.9. The second-order valence-electron chi connectivity index (χ2n) is 7.83. The Balaban J connectivity index is 1.70. The molecule has 3 aromatic carbocycles. The zero-order valence-electron chi connectivity index (χ0n) is 18.3. The fourth-order valence-corrected chi connectivity index (χ4v) is 3.92. The number of benzene rings is 3. The summed E-state index contributed by atoms with van der Waals surface area (Å²) in [6.07, 6.45) is 6.39. The first-order valence-corrected chi connectivity index (χ1v) is 10.9. The number of amidine groups is 1. The predicted molar refractivity (Wildman–Crippen MR) is 130 cm³/mol. The SMILES string of the molecule is C#Cc1ccccc1C1N=C(NC(C)c2cc(F)ccc2NCCC)c2ccccc2N1. The van der Waals surface area contributed by atoms with Crippen LogP contribution in [-0.4, -0.2) is 12.4 Å². The lowest BCUT2D eigenvalue weighted by Crippen LogP contribution is -2.33. The third kappa shape index (κ3) is 4.45. The van der Waals surface area contributed by atoms with Gasteiger partial charge in [0.2, 0.25) is 0 Å². The van der Waals surface area contributed by atoms with Gasteiger partial charge in [0.25, 0.3) is 0 Å². The van der Waals surface area contributed by atoms with Crippen LogP contribution in [0.15, 0.2) is 71.7 Å². The van der Waals surface area contributed by atoms with Gasteiger partial charge in [-0.2, -0.15) is 0 Å². The molecule has 1 aliphatic rings. The lowest BCUT2D eigenvalue weighted by Gasteiger charge is -2.29. The van der Waals surface area contributed by atoms with E-state index in [9.17, 15) is 4.39 Å². The fraction of sp³-hybridized carbons (Fsp3) is 0.222. The Morgan fingerprint density at radius 2 is 1.91 bits per heavy atom. The number of rotatable bonds is 6. The van der Waals surface area contributed by atoms with Crippen molar-refractivity contribution in [1.82, 2.24) is 5.32 Å². The number of fused-ring (bicyclic) bond motifs is 1. The average Bonchev–Trinajstić information content (AvgIpc) is 2.83. The van der Waals surface area contributed by atoms with E-state index in [4.69, 9.17) is 11.4 Å². The molecule has 0 saturated heterocycles. The summed E-state index contributed by atoms with van der Waals surface area (Å²) in [7, 11) is 0. The summed E-state index contributed by atoms with van der Waals surface area (Å²) >= 11 is 0. The number of anilines is 2. The summed E-state index contributed by atoms with van der Waals surface area (Å²) in [5, 5.41) is 10.4. The van der Waals surface area contributed by atoms with Gasteiger partial charge in [-0.05, 0) is 49.7 Å². The van der Waals surface area contributed by atoms with Crippen LogP contribution in [0, 0.1) is 18.2 Å². The molecule has 0 aliphatic carbocycles. The number of hydrogen-bond acceptors (Lipinski definition) is 4. The van der Waals surface area contributed by atoms with E-state index in [2.05, 4.69) is 28.8 Å². The number of halogens is 1. The standard InChI is InChI=1S/C27H27FN4/c1-4-16-29-24-15-14-20(28)17-23(24)18(3)30-27-22-12-8-9-13-25(22)31-26(32-27)21-11-7-6-10-19(21)5-2/h2,6-15,17-18,26,29,31H,4,16H2,1,3H3,(H,30,32). The van der Waals surface area contributed by atoms with Crippen LogP contribution < -0.4 is 16.0 Å². The van der Waals surface area contributed by atoms with Gasteiger partial charge < -0.3 is 16.0 Å². The van der Waals surface area contributed by atoms with Gasteiger partial charge in [0.05, 0.1) is 6.04 Å². The summed E-state index contributed by atoms with van der Waals surface area (Å²) in [6.45, 7) is 4.94. The lowest BCUT2D eigenvalue weighted by molar-refractivity contribution is 0.618. The monoisotopic (exact) mass is 426 g/mol. The number of hydrogen-bond donors (Lipinski definition) is 3. The highest BCUT2D eigenvalue weighted by atomic mass is 19.1. The van der Waals surface area contributed by atoms with Crippen molar-refractivity contribution in [1.29, 1.82) is 0 Å². The predicted octanol–water partition coefficient (Wildman–Crippen LogP) is 5.85. The van der Waals surface area contributed by atoms with E-state index in [-0.39, 0.29) is 18.0 Å². The summed E-state index contributed by atoms with van der Waals surface area (Å²) < 4.78 is 14.1. The van der Waals surface area contributed by atoms with Crippen molar-refractivity contribution in [3.8, 4) is 12.3 Å². The quantitative estimate of drug-likeness (QED) is 0.433. The van der Waals surface area contributed by atoms with Crippen LogP contribution in [0.1, 0.15) is 54.7 Å². The summed E-state index contributed by atoms with van der Waals surface area (Å²) in [4.78, 5) is 4.97. The van der Waals surface area contributed by atoms with Crippen molar-refractivity contribution < 1.29 is 4.39 Å². The van der Waals surface area contributed by atoms with Crippen molar-refractivity contribution >= 4 is 17.2 Å². The number of para-hydroxylation sites is 1. The van der Waals surface area contributed by atoms with E-state index in [1.807, 2.05) is 55.5 Å². The van der Waals surface area contributed by atoms with Gasteiger partial charge >= 0.3 is 0 Å². The second kappa shape index (κ2) is 9.57. The minimum absolute atomic E-state index is 0.168. The van der Waals surface area contributed by atoms with Gasteiger partial charge in [-0.25, -0.2) is 9.38 Å². The number of terminal acetylenes is 1. The maximum Gasteiger partial charge on any atom is 0.148 e. The van der Waals surface area contributed by atoms with Gasteiger partial charge in [-0.1, -0.05) is 43.2 Å². The molecule has 0 bridgehead atoms. The molecule has 162 valence electrons. The molecule has 1 heterocycles. The highest BCUT2D eigenvalue weighted by molar-refractivity contribution is 6.05. The molecule has 0 saturated carbocycles. The third-order valence-corrected chi connectivity index (χ3v) is 5.54. The van der Waals surface area contributed by atoms with Crippen LogP contribution in [0.3, 0.4) is 0 Å². The lowest BCUT2D eigenvalue weighted by atomic mass is 10.0. The number of nitrogens with one attached hydrogen (secondary N) is 3. The topological polar surface area (TPSA) is 48.5 Å². The van der Waals surface area contributed by atoms with Gasteiger partial charge in [0.15, 0.2) is 0 Å². The zero-order chi connectivity index (χ0) is 22.5. The minimum atomic E-state index is -0.322. The molecule has 2 atom stereocenters. The first-order chi connectivity index (χ1) is 15.6. The Morgan fingerprint density at radius 1 is 1.12 bits per heavy atom. The van der Waals surface area contributed by atoms with Crippen LogP contribution in [0.25, 0.3) is 0 Å². The molecule has 3 N–H and O–H groups in total. The Kier molecular flexibility index (Phi) is 6.42. The molecule has 0 fully saturated rings. The normalized spacial score (nSPS) is 15.6. The molecule has 3 aromatic rings. The van der Waals surface area contributed by atoms with E-state index < -0.39 is 0 Å². The molecule has 4 rings (SSSR count). The van der Waals surface area contributed by atoms with Gasteiger partial charge in [0.1, 0.15) is 17.8 Å². The van der Waals surface area contributed by atoms with Crippen LogP contribution >= 0.6 is 0 Å². The Morgan fingerprint density at radius 3 is 2.72 bits per heavy atom. The Labute approximate surface area is 189 Å². The second-order valence-corrected chi connectivity index (χ2v) is 7.83. The summed E-state index contributed by atoms with van der Waals surface area (Å²) in [5.74, 6) is 3.24. The zero-order valence-corrected chi connectivity index (χ0v) is 18.3. The van der Waals surface area contributed by atoms with Gasteiger partial charge in [0, 0.05) is 40.2 Å². The summed E-state index contributed by atoms with van der Waals surface area (Å²) in [6, 6.07) is 20.5. The van der Waals surface area contributed by atoms with Gasteiger partial charge in [-0.3, -0.25) is 0 Å². The molecule has 1 aliphatic heterocycles. The van der Waals surface area contributed by atoms with Crippen LogP contribution in [0.5, 0.6) is 0 Å².